The van der Waals surface area contributed by atoms with Gasteiger partial charge in [0.1, 0.15) is 10.9 Å². The molecular formula is C28H23Cl3N2O5S. The van der Waals surface area contributed by atoms with E-state index in [9.17, 15) is 14.4 Å². The third kappa shape index (κ3) is 4.43. The molecule has 11 heteroatoms. The number of amides is 2. The predicted octanol–water partition coefficient (Wildman–Crippen LogP) is 6.81. The molecule has 3 atom stereocenters. The van der Waals surface area contributed by atoms with E-state index in [0.717, 1.165) is 34.6 Å². The van der Waals surface area contributed by atoms with Gasteiger partial charge in [0.05, 0.1) is 23.9 Å². The van der Waals surface area contributed by atoms with Crippen LogP contribution < -0.4 is 9.96 Å². The number of benzene rings is 2. The van der Waals surface area contributed by atoms with Crippen LogP contribution >= 0.6 is 46.1 Å². The Balaban J connectivity index is 1.46. The lowest BCUT2D eigenvalue weighted by molar-refractivity contribution is -0.126. The summed E-state index contributed by atoms with van der Waals surface area (Å²) in [5.74, 6) is -2.42. The van der Waals surface area contributed by atoms with E-state index in [1.54, 1.807) is 54.5 Å². The zero-order chi connectivity index (χ0) is 27.4. The molecule has 0 N–H and O–H groups in total. The van der Waals surface area contributed by atoms with Gasteiger partial charge in [0, 0.05) is 19.9 Å². The zero-order valence-corrected chi connectivity index (χ0v) is 23.9. The molecule has 0 bridgehead atoms. The second-order valence-corrected chi connectivity index (χ2v) is 12.0. The number of halogens is 3. The number of anilines is 2. The number of hydroxylamine groups is 1. The maximum atomic E-state index is 14.2. The van der Waals surface area contributed by atoms with E-state index in [0.29, 0.717) is 43.3 Å². The average Bonchev–Trinajstić information content (AvgIpc) is 3.55. The summed E-state index contributed by atoms with van der Waals surface area (Å²) in [6.45, 7) is 1.92. The predicted molar refractivity (Wildman–Crippen MR) is 151 cm³/mol. The van der Waals surface area contributed by atoms with Gasteiger partial charge in [-0.1, -0.05) is 40.9 Å². The van der Waals surface area contributed by atoms with Crippen LogP contribution in [0.25, 0.3) is 0 Å². The van der Waals surface area contributed by atoms with E-state index >= 15 is 0 Å². The number of carbonyl (C=O) groups excluding carboxylic acids is 3. The number of hydrogen-bond acceptors (Lipinski definition) is 7. The van der Waals surface area contributed by atoms with Crippen LogP contribution in [0.2, 0.25) is 15.1 Å². The van der Waals surface area contributed by atoms with Crippen molar-refractivity contribution in [3.8, 4) is 0 Å². The van der Waals surface area contributed by atoms with Crippen LogP contribution in [0.4, 0.5) is 10.7 Å². The van der Waals surface area contributed by atoms with Gasteiger partial charge in [0.25, 0.3) is 5.91 Å². The SMILES string of the molecule is CCOC(=O)c1c(N2C(=O)[C@H]3[C@@H](ON(c4ccc(Cl)cc4)[C@H]3c3ccc(Cl)cc3Cl)C2=O)sc2c1CCCC2. The lowest BCUT2D eigenvalue weighted by Gasteiger charge is -2.29. The van der Waals surface area contributed by atoms with E-state index in [1.165, 1.54) is 11.3 Å². The molecule has 2 aromatic carbocycles. The van der Waals surface area contributed by atoms with E-state index in [1.807, 2.05) is 0 Å². The number of esters is 1. The molecule has 0 unspecified atom stereocenters. The topological polar surface area (TPSA) is 76.2 Å². The Labute approximate surface area is 244 Å². The Hall–Kier alpha value is -2.62. The minimum absolute atomic E-state index is 0.187. The van der Waals surface area contributed by atoms with Gasteiger partial charge in [-0.3, -0.25) is 14.4 Å². The fraction of sp³-hybridized carbons (Fsp3) is 0.321. The average molecular weight is 606 g/mol. The van der Waals surface area contributed by atoms with Gasteiger partial charge in [-0.05, 0) is 80.1 Å². The summed E-state index contributed by atoms with van der Waals surface area (Å²) in [6, 6.07) is 11.2. The Kier molecular flexibility index (Phi) is 7.10. The summed E-state index contributed by atoms with van der Waals surface area (Å²) in [5.41, 5.74) is 2.38. The maximum absolute atomic E-state index is 14.2. The van der Waals surface area contributed by atoms with E-state index in [-0.39, 0.29) is 6.61 Å². The van der Waals surface area contributed by atoms with Crippen molar-refractivity contribution >= 4 is 74.6 Å². The Bertz CT molecular complexity index is 1490. The summed E-state index contributed by atoms with van der Waals surface area (Å²) < 4.78 is 5.36. The molecule has 6 rings (SSSR count). The Morgan fingerprint density at radius 1 is 1.03 bits per heavy atom. The van der Waals surface area contributed by atoms with E-state index in [4.69, 9.17) is 44.4 Å². The Morgan fingerprint density at radius 3 is 2.46 bits per heavy atom. The zero-order valence-electron chi connectivity index (χ0n) is 20.8. The smallest absolute Gasteiger partial charge is 0.341 e. The van der Waals surface area contributed by atoms with Gasteiger partial charge < -0.3 is 4.74 Å². The first-order valence-corrected chi connectivity index (χ1v) is 14.6. The molecule has 3 aliphatic rings. The van der Waals surface area contributed by atoms with Crippen LogP contribution in [0.1, 0.15) is 52.2 Å². The molecule has 2 amide bonds. The van der Waals surface area contributed by atoms with Crippen molar-refractivity contribution in [2.45, 2.75) is 44.8 Å². The maximum Gasteiger partial charge on any atom is 0.341 e. The summed E-state index contributed by atoms with van der Waals surface area (Å²) in [5, 5.41) is 3.17. The molecule has 0 radical (unpaired) electrons. The molecule has 3 aromatic rings. The van der Waals surface area contributed by atoms with Crippen molar-refractivity contribution in [3.63, 3.8) is 0 Å². The number of imide groups is 1. The molecule has 2 saturated heterocycles. The lowest BCUT2D eigenvalue weighted by atomic mass is 9.90. The molecule has 0 spiro atoms. The second-order valence-electron chi connectivity index (χ2n) is 9.59. The van der Waals surface area contributed by atoms with Crippen molar-refractivity contribution in [3.05, 3.63) is 79.1 Å². The molecule has 3 heterocycles. The number of thiophene rings is 1. The van der Waals surface area contributed by atoms with Crippen molar-refractivity contribution in [2.75, 3.05) is 16.6 Å². The summed E-state index contributed by atoms with van der Waals surface area (Å²) in [6.07, 6.45) is 2.29. The van der Waals surface area contributed by atoms with Crippen LogP contribution in [0.3, 0.4) is 0 Å². The van der Waals surface area contributed by atoms with Gasteiger partial charge >= 0.3 is 5.97 Å². The van der Waals surface area contributed by atoms with Crippen molar-refractivity contribution < 1.29 is 24.0 Å². The number of carbonyl (C=O) groups is 3. The first-order chi connectivity index (χ1) is 18.8. The van der Waals surface area contributed by atoms with Crippen molar-refractivity contribution in [2.24, 2.45) is 5.92 Å². The molecule has 7 nitrogen and oxygen atoms in total. The third-order valence-corrected chi connectivity index (χ3v) is 9.40. The highest BCUT2D eigenvalue weighted by molar-refractivity contribution is 7.17. The molecule has 2 fully saturated rings. The largest absolute Gasteiger partial charge is 0.462 e. The van der Waals surface area contributed by atoms with Crippen LogP contribution in [0.15, 0.2) is 42.5 Å². The van der Waals surface area contributed by atoms with Gasteiger partial charge in [0.15, 0.2) is 6.10 Å². The number of fused-ring (bicyclic) bond motifs is 2. The number of nitrogens with zero attached hydrogens (tertiary/aromatic N) is 2. The summed E-state index contributed by atoms with van der Waals surface area (Å²) in [4.78, 5) is 49.6. The fourth-order valence-electron chi connectivity index (χ4n) is 5.61. The quantitative estimate of drug-likeness (QED) is 0.235. The molecule has 2 aliphatic heterocycles. The number of hydrogen-bond donors (Lipinski definition) is 0. The standard InChI is InChI=1S/C28H23Cl3N2O5S/c1-2-37-28(36)21-18-5-3-4-6-20(18)39-27(21)32-25(34)22-23(17-12-9-15(30)13-19(17)31)33(38-24(22)26(32)35)16-10-7-14(29)8-11-16/h7-13,22-24H,2-6H2,1H3/t22-,23+,24-/m1/s1. The first kappa shape index (κ1) is 26.6. The van der Waals surface area contributed by atoms with E-state index < -0.39 is 35.8 Å². The van der Waals surface area contributed by atoms with Gasteiger partial charge in [0.2, 0.25) is 5.91 Å². The second kappa shape index (κ2) is 10.4. The van der Waals surface area contributed by atoms with Crippen molar-refractivity contribution in [1.29, 1.82) is 0 Å². The highest BCUT2D eigenvalue weighted by atomic mass is 35.5. The van der Waals surface area contributed by atoms with Gasteiger partial charge in [-0.15, -0.1) is 11.3 Å². The third-order valence-electron chi connectivity index (χ3n) is 7.31. The van der Waals surface area contributed by atoms with Gasteiger partial charge in [-0.25, -0.2) is 14.8 Å². The highest BCUT2D eigenvalue weighted by Crippen LogP contribution is 2.51. The highest BCUT2D eigenvalue weighted by Gasteiger charge is 2.61. The van der Waals surface area contributed by atoms with Crippen LogP contribution in [0.5, 0.6) is 0 Å². The molecule has 1 aliphatic carbocycles. The van der Waals surface area contributed by atoms with Crippen LogP contribution in [-0.4, -0.2) is 30.5 Å². The monoisotopic (exact) mass is 604 g/mol. The minimum Gasteiger partial charge on any atom is -0.462 e. The van der Waals surface area contributed by atoms with Crippen molar-refractivity contribution in [1.82, 2.24) is 0 Å². The molecule has 39 heavy (non-hydrogen) atoms. The molecular weight excluding hydrogens is 583 g/mol. The summed E-state index contributed by atoms with van der Waals surface area (Å²) in [7, 11) is 0. The summed E-state index contributed by atoms with van der Waals surface area (Å²) >= 11 is 20.2. The minimum atomic E-state index is -1.11. The van der Waals surface area contributed by atoms with E-state index in [2.05, 4.69) is 0 Å². The number of aryl methyl sites for hydroxylation is 1. The molecule has 0 saturated carbocycles. The van der Waals surface area contributed by atoms with Crippen LogP contribution in [-0.2, 0) is 32.0 Å². The normalized spacial score (nSPS) is 22.3. The fourth-order valence-corrected chi connectivity index (χ4v) is 7.64. The van der Waals surface area contributed by atoms with Gasteiger partial charge in [-0.2, -0.15) is 0 Å². The Morgan fingerprint density at radius 2 is 1.74 bits per heavy atom. The lowest BCUT2D eigenvalue weighted by Crippen LogP contribution is -2.37. The molecule has 1 aromatic heterocycles. The van der Waals surface area contributed by atoms with Crippen LogP contribution in [0, 0.1) is 5.92 Å². The molecule has 202 valence electrons. The first-order valence-electron chi connectivity index (χ1n) is 12.7. The number of rotatable bonds is 5. The number of ether oxygens (including phenoxy) is 1.